The Bertz CT molecular complexity index is 2040. The average molecular weight is 789 g/mol. The molecule has 3 aliphatic carbocycles. The molecule has 0 radical (unpaired) electrons. The largest absolute Gasteiger partial charge is 1.00 e. The minimum atomic E-state index is 0. The monoisotopic (exact) mass is 786 g/mol. The summed E-state index contributed by atoms with van der Waals surface area (Å²) in [6, 6.07) is 29.5. The molecule has 262 valence electrons. The van der Waals surface area contributed by atoms with Crippen LogP contribution >= 0.6 is 0 Å². The summed E-state index contributed by atoms with van der Waals surface area (Å²) in [6.45, 7) is 22.3. The fraction of sp³-hybridized carbons (Fsp3) is 0.292. The van der Waals surface area contributed by atoms with Gasteiger partial charge in [0, 0.05) is 10.8 Å². The van der Waals surface area contributed by atoms with Crippen LogP contribution in [0.2, 0.25) is 0 Å². The zero-order chi connectivity index (χ0) is 35.3. The van der Waals surface area contributed by atoms with Crippen molar-refractivity contribution in [2.45, 2.75) is 80.1 Å². The van der Waals surface area contributed by atoms with E-state index in [1.807, 2.05) is 0 Å². The second-order valence-electron chi connectivity index (χ2n) is 16.4. The van der Waals surface area contributed by atoms with Crippen LogP contribution in [0.4, 0.5) is 0 Å². The number of fused-ring (bicyclic) bond motifs is 5. The van der Waals surface area contributed by atoms with E-state index in [4.69, 9.17) is 0 Å². The molecule has 5 aromatic rings. The van der Waals surface area contributed by atoms with Gasteiger partial charge in [0.15, 0.2) is 0 Å². The van der Waals surface area contributed by atoms with Gasteiger partial charge >= 0.3 is 112 Å². The van der Waals surface area contributed by atoms with E-state index in [1.54, 1.807) is 0 Å². The van der Waals surface area contributed by atoms with E-state index in [0.717, 1.165) is 0 Å². The maximum absolute atomic E-state index is 3.26. The SMILES string of the molecule is CC1(C)C=Cc2cc3c(cc21)[cH-]c1cc2c(cc13)C=CC2(C)C.CC1[C-]=CC(C(C)(C)C)=C1.Cc1ccc([C](=[Zr+2])c2ccc(C)cc2)cc1.[Cl-].[Cl-]. The molecule has 51 heavy (non-hydrogen) atoms. The quantitative estimate of drug-likeness (QED) is 0.175. The van der Waals surface area contributed by atoms with Gasteiger partial charge in [-0.05, 0) is 11.1 Å². The molecule has 0 spiro atoms. The number of allylic oxidation sites excluding steroid dienone is 6. The zero-order valence-corrected chi connectivity index (χ0v) is 35.8. The van der Waals surface area contributed by atoms with Crippen molar-refractivity contribution in [2.75, 3.05) is 0 Å². The summed E-state index contributed by atoms with van der Waals surface area (Å²) >= 11 is 1.46. The number of rotatable bonds is 2. The van der Waals surface area contributed by atoms with Crippen LogP contribution in [0, 0.1) is 31.3 Å². The van der Waals surface area contributed by atoms with Gasteiger partial charge < -0.3 is 24.8 Å². The Labute approximate surface area is 334 Å². The van der Waals surface area contributed by atoms with Crippen molar-refractivity contribution >= 4 is 36.9 Å². The van der Waals surface area contributed by atoms with Crippen LogP contribution in [0.5, 0.6) is 0 Å². The molecule has 0 heterocycles. The summed E-state index contributed by atoms with van der Waals surface area (Å²) < 4.78 is 1.42. The van der Waals surface area contributed by atoms with Gasteiger partial charge in [-0.3, -0.25) is 6.08 Å². The number of aryl methyl sites for hydroxylation is 2. The van der Waals surface area contributed by atoms with E-state index in [2.05, 4.69) is 191 Å². The predicted octanol–water partition coefficient (Wildman–Crippen LogP) is 6.72. The normalized spacial score (nSPS) is 17.0. The third-order valence-electron chi connectivity index (χ3n) is 10.3. The molecule has 0 amide bonds. The molecular formula is C48H50Cl2Zr-2. The Morgan fingerprint density at radius 3 is 1.43 bits per heavy atom. The van der Waals surface area contributed by atoms with Crippen molar-refractivity contribution in [3.63, 3.8) is 0 Å². The molecule has 0 N–H and O–H groups in total. The van der Waals surface area contributed by atoms with Crippen LogP contribution in [0.15, 0.2) is 109 Å². The Morgan fingerprint density at radius 1 is 0.686 bits per heavy atom. The maximum atomic E-state index is 3.26. The summed E-state index contributed by atoms with van der Waals surface area (Å²) in [5.41, 5.74) is 13.0. The molecule has 1 atom stereocenters. The summed E-state index contributed by atoms with van der Waals surface area (Å²) in [5, 5.41) is 5.53. The van der Waals surface area contributed by atoms with Gasteiger partial charge in [-0.2, -0.15) is 11.6 Å². The average Bonchev–Trinajstić information content (AvgIpc) is 3.80. The van der Waals surface area contributed by atoms with Crippen LogP contribution in [0.1, 0.15) is 99.9 Å². The van der Waals surface area contributed by atoms with E-state index >= 15 is 0 Å². The number of halogens is 2. The van der Waals surface area contributed by atoms with Gasteiger partial charge in [-0.25, -0.2) is 6.08 Å². The van der Waals surface area contributed by atoms with Gasteiger partial charge in [-0.15, -0.1) is 39.7 Å². The molecule has 0 saturated heterocycles. The van der Waals surface area contributed by atoms with Gasteiger partial charge in [0.05, 0.1) is 0 Å². The second-order valence-corrected chi connectivity index (χ2v) is 17.6. The van der Waals surface area contributed by atoms with Crippen molar-refractivity contribution in [3.8, 4) is 0 Å². The topological polar surface area (TPSA) is 0 Å². The van der Waals surface area contributed by atoms with Gasteiger partial charge in [0.1, 0.15) is 0 Å². The van der Waals surface area contributed by atoms with E-state index in [0.29, 0.717) is 11.3 Å². The van der Waals surface area contributed by atoms with Crippen LogP contribution in [-0.4, -0.2) is 3.21 Å². The minimum Gasteiger partial charge on any atom is -1.00 e. The predicted molar refractivity (Wildman–Crippen MR) is 211 cm³/mol. The summed E-state index contributed by atoms with van der Waals surface area (Å²) in [5.74, 6) is 0.522. The summed E-state index contributed by atoms with van der Waals surface area (Å²) in [4.78, 5) is 0. The minimum absolute atomic E-state index is 0. The Kier molecular flexibility index (Phi) is 12.5. The molecule has 3 heteroatoms. The first-order valence-corrected chi connectivity index (χ1v) is 18.9. The van der Waals surface area contributed by atoms with Gasteiger partial charge in [0.2, 0.25) is 0 Å². The van der Waals surface area contributed by atoms with Crippen LogP contribution in [0.25, 0.3) is 33.7 Å². The molecule has 0 saturated carbocycles. The molecule has 0 nitrogen and oxygen atoms in total. The fourth-order valence-corrected chi connectivity index (χ4v) is 7.79. The molecule has 0 aromatic heterocycles. The molecular weight excluding hydrogens is 739 g/mol. The second kappa shape index (κ2) is 15.6. The van der Waals surface area contributed by atoms with Crippen LogP contribution in [0.3, 0.4) is 0 Å². The number of benzene rings is 4. The first-order valence-electron chi connectivity index (χ1n) is 17.7. The van der Waals surface area contributed by atoms with E-state index < -0.39 is 0 Å². The number of hydrogen-bond acceptors (Lipinski definition) is 0. The summed E-state index contributed by atoms with van der Waals surface area (Å²) in [7, 11) is 0. The first kappa shape index (κ1) is 40.8. The van der Waals surface area contributed by atoms with Gasteiger partial charge in [0.25, 0.3) is 0 Å². The molecule has 5 aromatic carbocycles. The zero-order valence-electron chi connectivity index (χ0n) is 31.8. The van der Waals surface area contributed by atoms with Crippen LogP contribution in [-0.2, 0) is 35.1 Å². The van der Waals surface area contributed by atoms with E-state index in [-0.39, 0.29) is 35.6 Å². The van der Waals surface area contributed by atoms with E-state index in [9.17, 15) is 0 Å². The molecule has 1 unspecified atom stereocenters. The summed E-state index contributed by atoms with van der Waals surface area (Å²) in [6.07, 6.45) is 16.9. The Balaban J connectivity index is 0.000000183. The van der Waals surface area contributed by atoms with Crippen molar-refractivity contribution in [1.29, 1.82) is 0 Å². The molecule has 0 fully saturated rings. The molecule has 0 aliphatic heterocycles. The smallest absolute Gasteiger partial charge is 1.00 e. The Morgan fingerprint density at radius 2 is 1.10 bits per heavy atom. The Hall–Kier alpha value is -2.96. The standard InChI is InChI=1S/C23H21.C15H14.C10H15.2ClH.Zr/c1-22(2)7-5-14-10-18-16(12-20(14)22)9-17-13-21-15(11-19(17)18)6-8-23(21,3)4;1-12-3-7-14(8-4-12)11-15-9-5-13(2)6-10-15;1-8-5-6-9(7-8)10(2,3)4;;;/h5-13H,1-4H3;3-10H,1-2H3;6-8H,1-4H3;2*1H;/q-1;;-1;;;+2/p-2. The van der Waals surface area contributed by atoms with Crippen molar-refractivity contribution in [2.24, 2.45) is 11.3 Å². The third-order valence-corrected chi connectivity index (χ3v) is 11.7. The van der Waals surface area contributed by atoms with Crippen molar-refractivity contribution in [3.05, 3.63) is 159 Å². The maximum Gasteiger partial charge on any atom is -1.00 e. The fourth-order valence-electron chi connectivity index (χ4n) is 6.97. The molecule has 3 aliphatic rings. The van der Waals surface area contributed by atoms with E-state index in [1.165, 1.54) is 99.1 Å². The third kappa shape index (κ3) is 8.82. The number of hydrogen-bond donors (Lipinski definition) is 0. The van der Waals surface area contributed by atoms with Gasteiger partial charge in [-0.1, -0.05) is 114 Å². The first-order chi connectivity index (χ1) is 23.0. The van der Waals surface area contributed by atoms with Crippen LogP contribution < -0.4 is 24.8 Å². The molecule has 8 rings (SSSR count). The van der Waals surface area contributed by atoms with Crippen molar-refractivity contribution in [1.82, 2.24) is 0 Å². The molecule has 0 bridgehead atoms. The van der Waals surface area contributed by atoms with Crippen molar-refractivity contribution < 1.29 is 49.0 Å².